The van der Waals surface area contributed by atoms with Crippen molar-refractivity contribution in [1.29, 1.82) is 0 Å². The predicted octanol–water partition coefficient (Wildman–Crippen LogP) is 7.06. The monoisotopic (exact) mass is 610 g/mol. The molecule has 41 heavy (non-hydrogen) atoms. The van der Waals surface area contributed by atoms with Crippen molar-refractivity contribution in [3.8, 4) is 17.2 Å². The van der Waals surface area contributed by atoms with Crippen LogP contribution in [0.15, 0.2) is 72.3 Å². The van der Waals surface area contributed by atoms with Gasteiger partial charge in [-0.15, -0.1) is 0 Å². The van der Waals surface area contributed by atoms with Gasteiger partial charge in [-0.1, -0.05) is 71.2 Å². The highest BCUT2D eigenvalue weighted by molar-refractivity contribution is 6.40. The molecule has 1 saturated heterocycles. The number of fused-ring (bicyclic) bond motifs is 1. The Bertz CT molecular complexity index is 1750. The molecule has 8 nitrogen and oxygen atoms in total. The molecule has 11 heteroatoms. The minimum atomic E-state index is -0.952. The molecule has 4 aromatic rings. The van der Waals surface area contributed by atoms with E-state index in [4.69, 9.17) is 49.0 Å². The number of halogens is 3. The van der Waals surface area contributed by atoms with Gasteiger partial charge in [0.25, 0.3) is 11.8 Å². The third-order valence-corrected chi connectivity index (χ3v) is 7.30. The molecule has 0 radical (unpaired) electrons. The van der Waals surface area contributed by atoms with E-state index in [0.29, 0.717) is 26.9 Å². The number of nitrogens with zero attached hydrogens (tertiary/aromatic N) is 1. The van der Waals surface area contributed by atoms with Crippen LogP contribution in [0, 0.1) is 0 Å². The number of ether oxygens (including phenoxy) is 3. The molecule has 0 atom stereocenters. The summed E-state index contributed by atoms with van der Waals surface area (Å²) in [5, 5.41) is 4.93. The number of amides is 4. The second-order valence-electron chi connectivity index (χ2n) is 8.84. The fraction of sp³-hybridized carbons (Fsp3) is 0.100. The van der Waals surface area contributed by atoms with Crippen LogP contribution in [0.4, 0.5) is 10.5 Å². The average Bonchev–Trinajstić information content (AvgIpc) is 2.95. The average molecular weight is 612 g/mol. The van der Waals surface area contributed by atoms with E-state index in [1.807, 2.05) is 30.3 Å². The largest absolute Gasteiger partial charge is 0.495 e. The van der Waals surface area contributed by atoms with Crippen molar-refractivity contribution in [2.45, 2.75) is 6.61 Å². The van der Waals surface area contributed by atoms with Gasteiger partial charge < -0.3 is 14.2 Å². The summed E-state index contributed by atoms with van der Waals surface area (Å²) in [5.41, 5.74) is 0.893. The fourth-order valence-corrected chi connectivity index (χ4v) is 5.08. The molecule has 5 rings (SSSR count). The highest BCUT2D eigenvalue weighted by Gasteiger charge is 2.39. The van der Waals surface area contributed by atoms with Crippen LogP contribution in [0.5, 0.6) is 17.2 Å². The van der Waals surface area contributed by atoms with Crippen molar-refractivity contribution in [2.24, 2.45) is 0 Å². The fourth-order valence-electron chi connectivity index (χ4n) is 4.38. The number of hydrogen-bond acceptors (Lipinski definition) is 6. The summed E-state index contributed by atoms with van der Waals surface area (Å²) in [6, 6.07) is 17.9. The van der Waals surface area contributed by atoms with E-state index in [9.17, 15) is 14.4 Å². The highest BCUT2D eigenvalue weighted by Crippen LogP contribution is 2.40. The highest BCUT2D eigenvalue weighted by atomic mass is 35.5. The quantitative estimate of drug-likeness (QED) is 0.178. The Labute approximate surface area is 249 Å². The Morgan fingerprint density at radius 1 is 0.829 bits per heavy atom. The summed E-state index contributed by atoms with van der Waals surface area (Å²) >= 11 is 18.6. The maximum Gasteiger partial charge on any atom is 0.336 e. The number of nitrogens with one attached hydrogen (secondary N) is 1. The van der Waals surface area contributed by atoms with Crippen molar-refractivity contribution in [1.82, 2.24) is 5.32 Å². The zero-order chi connectivity index (χ0) is 29.3. The van der Waals surface area contributed by atoms with Gasteiger partial charge >= 0.3 is 6.03 Å². The van der Waals surface area contributed by atoms with Crippen LogP contribution in [-0.4, -0.2) is 32.1 Å². The molecule has 208 valence electrons. The maximum atomic E-state index is 13.8. The lowest BCUT2D eigenvalue weighted by atomic mass is 9.99. The third-order valence-electron chi connectivity index (χ3n) is 6.41. The molecule has 1 N–H and O–H groups in total. The molecule has 4 amide bonds. The Morgan fingerprint density at radius 2 is 1.59 bits per heavy atom. The van der Waals surface area contributed by atoms with E-state index in [1.165, 1.54) is 32.4 Å². The van der Waals surface area contributed by atoms with Gasteiger partial charge in [0, 0.05) is 33.3 Å². The van der Waals surface area contributed by atoms with E-state index >= 15 is 0 Å². The van der Waals surface area contributed by atoms with Gasteiger partial charge in [0.2, 0.25) is 0 Å². The van der Waals surface area contributed by atoms with Gasteiger partial charge in [-0.25, -0.2) is 9.69 Å². The number of imide groups is 2. The first-order valence-electron chi connectivity index (χ1n) is 12.1. The molecule has 1 heterocycles. The third kappa shape index (κ3) is 5.54. The minimum absolute atomic E-state index is 0.0430. The molecule has 0 aliphatic carbocycles. The molecular weight excluding hydrogens is 591 g/mol. The summed E-state index contributed by atoms with van der Waals surface area (Å²) in [6.07, 6.45) is 1.40. The lowest BCUT2D eigenvalue weighted by molar-refractivity contribution is -0.122. The number of methoxy groups -OCH3 is 2. The molecule has 0 aromatic heterocycles. The van der Waals surface area contributed by atoms with E-state index in [1.54, 1.807) is 24.3 Å². The summed E-state index contributed by atoms with van der Waals surface area (Å²) in [6.45, 7) is 0.0943. The molecular formula is C30H21Cl3N2O6. The van der Waals surface area contributed by atoms with Crippen LogP contribution < -0.4 is 24.4 Å². The molecule has 4 aromatic carbocycles. The zero-order valence-corrected chi connectivity index (χ0v) is 23.9. The summed E-state index contributed by atoms with van der Waals surface area (Å²) in [5.74, 6) is -1.02. The smallest absolute Gasteiger partial charge is 0.336 e. The Morgan fingerprint density at radius 3 is 2.32 bits per heavy atom. The van der Waals surface area contributed by atoms with Gasteiger partial charge in [0.1, 0.15) is 29.4 Å². The lowest BCUT2D eigenvalue weighted by Gasteiger charge is -2.28. The van der Waals surface area contributed by atoms with E-state index in [-0.39, 0.29) is 34.4 Å². The topological polar surface area (TPSA) is 94.2 Å². The first-order chi connectivity index (χ1) is 19.7. The molecule has 0 bridgehead atoms. The van der Waals surface area contributed by atoms with Crippen LogP contribution >= 0.6 is 34.8 Å². The number of barbiturate groups is 1. The van der Waals surface area contributed by atoms with Gasteiger partial charge in [0.05, 0.1) is 24.9 Å². The van der Waals surface area contributed by atoms with Crippen molar-refractivity contribution in [3.63, 3.8) is 0 Å². The number of anilines is 1. The normalized spacial score (nSPS) is 14.4. The van der Waals surface area contributed by atoms with Gasteiger partial charge in [-0.3, -0.25) is 14.9 Å². The van der Waals surface area contributed by atoms with Crippen molar-refractivity contribution in [2.75, 3.05) is 19.1 Å². The Kier molecular flexibility index (Phi) is 8.08. The van der Waals surface area contributed by atoms with E-state index in [0.717, 1.165) is 15.7 Å². The standard InChI is InChI=1S/C30H21Cl3N2O6/c1-39-26-14-24(27(40-2)13-23(26)33)35-29(37)21(28(36)34-30(35)38)12-20-19-6-4-3-5-16(19)8-10-25(20)41-15-17-7-9-18(31)11-22(17)32/h3-14H,15H2,1-2H3,(H,34,36,38)/b21-12+. The Hall–Kier alpha value is -4.24. The number of carbonyl (C=O) groups is 3. The van der Waals surface area contributed by atoms with Gasteiger partial charge in [-0.05, 0) is 35.0 Å². The molecule has 0 spiro atoms. The number of hydrogen-bond donors (Lipinski definition) is 1. The van der Waals surface area contributed by atoms with Crippen LogP contribution in [-0.2, 0) is 16.2 Å². The molecule has 0 saturated carbocycles. The summed E-state index contributed by atoms with van der Waals surface area (Å²) in [4.78, 5) is 40.5. The van der Waals surface area contributed by atoms with Gasteiger partial charge in [0.15, 0.2) is 0 Å². The lowest BCUT2D eigenvalue weighted by Crippen LogP contribution is -2.54. The second kappa shape index (κ2) is 11.7. The van der Waals surface area contributed by atoms with Crippen LogP contribution in [0.3, 0.4) is 0 Å². The van der Waals surface area contributed by atoms with Crippen LogP contribution in [0.1, 0.15) is 11.1 Å². The molecule has 1 fully saturated rings. The number of carbonyl (C=O) groups excluding carboxylic acids is 3. The first-order valence-corrected chi connectivity index (χ1v) is 13.3. The predicted molar refractivity (Wildman–Crippen MR) is 158 cm³/mol. The van der Waals surface area contributed by atoms with E-state index in [2.05, 4.69) is 5.32 Å². The molecule has 1 aliphatic rings. The Balaban J connectivity index is 1.61. The van der Waals surface area contributed by atoms with Gasteiger partial charge in [-0.2, -0.15) is 0 Å². The second-order valence-corrected chi connectivity index (χ2v) is 10.1. The SMILES string of the molecule is COc1cc(N2C(=O)NC(=O)/C(=C\c3c(OCc4ccc(Cl)cc4Cl)ccc4ccccc34)C2=O)c(OC)cc1Cl. The zero-order valence-electron chi connectivity index (χ0n) is 21.7. The minimum Gasteiger partial charge on any atom is -0.495 e. The first kappa shape index (κ1) is 28.3. The number of benzene rings is 4. The van der Waals surface area contributed by atoms with Crippen LogP contribution in [0.2, 0.25) is 15.1 Å². The van der Waals surface area contributed by atoms with Crippen LogP contribution in [0.25, 0.3) is 16.8 Å². The molecule has 0 unspecified atom stereocenters. The summed E-state index contributed by atoms with van der Waals surface area (Å²) < 4.78 is 16.8. The maximum absolute atomic E-state index is 13.8. The number of urea groups is 1. The van der Waals surface area contributed by atoms with Crippen molar-refractivity contribution in [3.05, 3.63) is 98.5 Å². The van der Waals surface area contributed by atoms with Crippen molar-refractivity contribution >= 4 is 75.2 Å². The summed E-state index contributed by atoms with van der Waals surface area (Å²) in [7, 11) is 2.76. The number of rotatable bonds is 7. The van der Waals surface area contributed by atoms with Crippen molar-refractivity contribution < 1.29 is 28.6 Å². The van der Waals surface area contributed by atoms with E-state index < -0.39 is 17.8 Å². The molecule has 1 aliphatic heterocycles.